The van der Waals surface area contributed by atoms with E-state index >= 15 is 0 Å². The summed E-state index contributed by atoms with van der Waals surface area (Å²) in [5.74, 6) is 1.37. The van der Waals surface area contributed by atoms with Crippen LogP contribution in [0.4, 0.5) is 5.82 Å². The van der Waals surface area contributed by atoms with Gasteiger partial charge in [-0.05, 0) is 37.0 Å². The van der Waals surface area contributed by atoms with Gasteiger partial charge >= 0.3 is 0 Å². The van der Waals surface area contributed by atoms with Gasteiger partial charge in [0.2, 0.25) is 0 Å². The van der Waals surface area contributed by atoms with Crippen LogP contribution in [-0.2, 0) is 11.3 Å². The number of anilines is 1. The molecule has 3 N–H and O–H groups in total. The van der Waals surface area contributed by atoms with E-state index in [0.29, 0.717) is 42.6 Å². The van der Waals surface area contributed by atoms with Crippen molar-refractivity contribution in [1.29, 1.82) is 0 Å². The molecule has 1 atom stereocenters. The van der Waals surface area contributed by atoms with Crippen molar-refractivity contribution in [2.75, 3.05) is 11.9 Å². The summed E-state index contributed by atoms with van der Waals surface area (Å²) in [7, 11) is 0. The Morgan fingerprint density at radius 2 is 2.11 bits per heavy atom. The molecular formula is C26H30N6O4. The lowest BCUT2D eigenvalue weighted by molar-refractivity contribution is -0.120. The number of aliphatic hydroxyl groups excluding tert-OH is 1. The van der Waals surface area contributed by atoms with Crippen LogP contribution in [0.15, 0.2) is 59.8 Å². The summed E-state index contributed by atoms with van der Waals surface area (Å²) in [5.41, 5.74) is 0.529. The fraction of sp³-hybridized carbons (Fsp3) is 0.385. The van der Waals surface area contributed by atoms with Gasteiger partial charge in [0.25, 0.3) is 11.5 Å². The van der Waals surface area contributed by atoms with Crippen molar-refractivity contribution in [3.63, 3.8) is 0 Å². The van der Waals surface area contributed by atoms with E-state index in [2.05, 4.69) is 20.5 Å². The fourth-order valence-corrected chi connectivity index (χ4v) is 4.84. The number of aromatic amines is 1. The number of hydrogen-bond acceptors (Lipinski definition) is 6. The summed E-state index contributed by atoms with van der Waals surface area (Å²) in [4.78, 5) is 29.6. The van der Waals surface area contributed by atoms with Crippen LogP contribution < -0.4 is 15.6 Å². The third-order valence-corrected chi connectivity index (χ3v) is 6.65. The number of fused-ring (bicyclic) bond motifs is 1. The number of carbonyl (C=O) groups excluding carboxylic acids is 1. The summed E-state index contributed by atoms with van der Waals surface area (Å²) in [6.07, 6.45) is 10.5. The Hall–Kier alpha value is -3.92. The maximum atomic E-state index is 13.3. The summed E-state index contributed by atoms with van der Waals surface area (Å²) in [6, 6.07) is 9.87. The van der Waals surface area contributed by atoms with Crippen LogP contribution in [0, 0.1) is 5.92 Å². The first kappa shape index (κ1) is 23.8. The minimum absolute atomic E-state index is 0.0691. The van der Waals surface area contributed by atoms with Crippen molar-refractivity contribution in [3.8, 4) is 11.5 Å². The molecule has 1 unspecified atom stereocenters. The first-order valence-corrected chi connectivity index (χ1v) is 12.4. The molecule has 0 bridgehead atoms. The van der Waals surface area contributed by atoms with Crippen LogP contribution in [0.1, 0.15) is 44.6 Å². The highest BCUT2D eigenvalue weighted by Gasteiger charge is 2.29. The molecular weight excluding hydrogens is 460 g/mol. The number of aliphatic hydroxyl groups is 1. The number of benzene rings is 1. The molecule has 3 aromatic heterocycles. The number of nitrogens with zero attached hydrogens (tertiary/aromatic N) is 4. The van der Waals surface area contributed by atoms with E-state index in [4.69, 9.17) is 9.84 Å². The van der Waals surface area contributed by atoms with E-state index in [0.717, 1.165) is 36.6 Å². The molecule has 1 fully saturated rings. The normalized spacial score (nSPS) is 14.8. The number of aryl methyl sites for hydroxylation is 1. The fourth-order valence-electron chi connectivity index (χ4n) is 4.84. The number of aromatic nitrogens is 5. The molecule has 0 spiro atoms. The Labute approximate surface area is 207 Å². The first-order chi connectivity index (χ1) is 17.6. The topological polar surface area (TPSA) is 127 Å². The first-order valence-electron chi connectivity index (χ1n) is 12.4. The standard InChI is InChI=1S/C26H30N6O4/c33-14-4-12-31-13-10-24(30-31)29-26(35)22(15-18-5-1-2-6-18)32-25(34)16-19(17-28-32)36-23-8-3-7-21-20(23)9-11-27-21/h3,7-11,13,16-18,22,27,33H,1-2,4-6,12,14-15H2,(H,29,30,35). The highest BCUT2D eigenvalue weighted by atomic mass is 16.5. The minimum atomic E-state index is -0.759. The zero-order chi connectivity index (χ0) is 24.9. The van der Waals surface area contributed by atoms with Crippen molar-refractivity contribution < 1.29 is 14.6 Å². The lowest BCUT2D eigenvalue weighted by Crippen LogP contribution is -2.36. The summed E-state index contributed by atoms with van der Waals surface area (Å²) in [5, 5.41) is 21.5. The van der Waals surface area contributed by atoms with Crippen molar-refractivity contribution in [3.05, 3.63) is 65.3 Å². The molecule has 10 nitrogen and oxygen atoms in total. The molecule has 10 heteroatoms. The van der Waals surface area contributed by atoms with Gasteiger partial charge < -0.3 is 20.1 Å². The van der Waals surface area contributed by atoms with Gasteiger partial charge in [-0.2, -0.15) is 10.2 Å². The number of H-pyrrole nitrogens is 1. The third kappa shape index (κ3) is 5.33. The number of ether oxygens (including phenoxy) is 1. The summed E-state index contributed by atoms with van der Waals surface area (Å²) in [6.45, 7) is 0.622. The van der Waals surface area contributed by atoms with Gasteiger partial charge in [-0.15, -0.1) is 0 Å². The lowest BCUT2D eigenvalue weighted by atomic mass is 9.98. The molecule has 5 rings (SSSR count). The second kappa shape index (κ2) is 10.8. The van der Waals surface area contributed by atoms with Gasteiger partial charge in [-0.3, -0.25) is 14.3 Å². The van der Waals surface area contributed by atoms with Crippen LogP contribution >= 0.6 is 0 Å². The van der Waals surface area contributed by atoms with Crippen molar-refractivity contribution in [2.45, 2.75) is 51.1 Å². The molecule has 0 saturated heterocycles. The molecule has 0 aliphatic heterocycles. The van der Waals surface area contributed by atoms with E-state index in [-0.39, 0.29) is 12.5 Å². The smallest absolute Gasteiger partial charge is 0.271 e. The van der Waals surface area contributed by atoms with Gasteiger partial charge in [-0.1, -0.05) is 31.7 Å². The highest BCUT2D eigenvalue weighted by Crippen LogP contribution is 2.32. The number of rotatable bonds is 10. The number of nitrogens with one attached hydrogen (secondary N) is 2. The molecule has 188 valence electrons. The second-order valence-corrected chi connectivity index (χ2v) is 9.20. The maximum absolute atomic E-state index is 13.3. The van der Waals surface area contributed by atoms with Crippen LogP contribution in [0.3, 0.4) is 0 Å². The Morgan fingerprint density at radius 1 is 1.25 bits per heavy atom. The van der Waals surface area contributed by atoms with Gasteiger partial charge in [0, 0.05) is 48.6 Å². The van der Waals surface area contributed by atoms with Gasteiger partial charge in [0.1, 0.15) is 11.8 Å². The van der Waals surface area contributed by atoms with Crippen molar-refractivity contribution >= 4 is 22.6 Å². The average Bonchev–Trinajstić information content (AvgIpc) is 3.64. The molecule has 0 radical (unpaired) electrons. The lowest BCUT2D eigenvalue weighted by Gasteiger charge is -2.21. The highest BCUT2D eigenvalue weighted by molar-refractivity contribution is 5.92. The predicted molar refractivity (Wildman–Crippen MR) is 135 cm³/mol. The van der Waals surface area contributed by atoms with Crippen LogP contribution in [0.25, 0.3) is 10.9 Å². The Kier molecular flexibility index (Phi) is 7.13. The van der Waals surface area contributed by atoms with Gasteiger partial charge in [0.15, 0.2) is 11.6 Å². The van der Waals surface area contributed by atoms with Crippen LogP contribution in [-0.4, -0.2) is 42.2 Å². The van der Waals surface area contributed by atoms with Gasteiger partial charge in [0.05, 0.1) is 6.20 Å². The Bertz CT molecular complexity index is 1380. The molecule has 3 heterocycles. The molecule has 1 saturated carbocycles. The molecule has 4 aromatic rings. The van der Waals surface area contributed by atoms with E-state index in [1.54, 1.807) is 16.9 Å². The molecule has 1 aromatic carbocycles. The molecule has 1 aliphatic rings. The molecule has 1 aliphatic carbocycles. The second-order valence-electron chi connectivity index (χ2n) is 9.20. The SMILES string of the molecule is O=C(Nc1ccn(CCCO)n1)C(CC1CCCC1)n1ncc(Oc2cccc3[nH]ccc23)cc1=O. The largest absolute Gasteiger partial charge is 0.455 e. The van der Waals surface area contributed by atoms with Crippen LogP contribution in [0.5, 0.6) is 11.5 Å². The monoisotopic (exact) mass is 490 g/mol. The summed E-state index contributed by atoms with van der Waals surface area (Å²) < 4.78 is 8.88. The molecule has 36 heavy (non-hydrogen) atoms. The van der Waals surface area contributed by atoms with Crippen molar-refractivity contribution in [1.82, 2.24) is 24.5 Å². The van der Waals surface area contributed by atoms with Crippen molar-refractivity contribution in [2.24, 2.45) is 5.92 Å². The quantitative estimate of drug-likeness (QED) is 0.310. The number of hydrogen-bond donors (Lipinski definition) is 3. The molecule has 1 amide bonds. The van der Waals surface area contributed by atoms with E-state index in [1.165, 1.54) is 16.9 Å². The zero-order valence-electron chi connectivity index (χ0n) is 20.0. The predicted octanol–water partition coefficient (Wildman–Crippen LogP) is 3.86. The maximum Gasteiger partial charge on any atom is 0.271 e. The van der Waals surface area contributed by atoms with E-state index in [9.17, 15) is 9.59 Å². The Balaban J connectivity index is 1.36. The van der Waals surface area contributed by atoms with Gasteiger partial charge in [-0.25, -0.2) is 4.68 Å². The van der Waals surface area contributed by atoms with E-state index in [1.807, 2.05) is 30.5 Å². The number of carbonyl (C=O) groups is 1. The Morgan fingerprint density at radius 3 is 2.92 bits per heavy atom. The number of amides is 1. The zero-order valence-corrected chi connectivity index (χ0v) is 20.0. The third-order valence-electron chi connectivity index (χ3n) is 6.65. The van der Waals surface area contributed by atoms with E-state index < -0.39 is 11.6 Å². The average molecular weight is 491 g/mol. The van der Waals surface area contributed by atoms with Crippen LogP contribution in [0.2, 0.25) is 0 Å². The summed E-state index contributed by atoms with van der Waals surface area (Å²) >= 11 is 0. The minimum Gasteiger partial charge on any atom is -0.455 e.